The van der Waals surface area contributed by atoms with Gasteiger partial charge in [-0.2, -0.15) is 0 Å². The van der Waals surface area contributed by atoms with Gasteiger partial charge in [0.1, 0.15) is 0 Å². The molecule has 1 nitrogen and oxygen atoms in total. The third-order valence-corrected chi connectivity index (χ3v) is 5.44. The van der Waals surface area contributed by atoms with Crippen LogP contribution in [0.3, 0.4) is 0 Å². The summed E-state index contributed by atoms with van der Waals surface area (Å²) in [6.07, 6.45) is 12.5. The number of aliphatic hydroxyl groups excluding tert-OH is 1. The second-order valence-electron chi connectivity index (χ2n) is 5.82. The number of hydrogen-bond acceptors (Lipinski definition) is 1. The predicted octanol–water partition coefficient (Wildman–Crippen LogP) is 3.12. The fraction of sp³-hybridized carbons (Fsp3) is 1.00. The zero-order chi connectivity index (χ0) is 9.60. The molecule has 80 valence electrons. The number of aliphatic hydroxyl groups is 1. The summed E-state index contributed by atoms with van der Waals surface area (Å²) in [6.45, 7) is 0. The van der Waals surface area contributed by atoms with Crippen molar-refractivity contribution in [3.63, 3.8) is 0 Å². The minimum atomic E-state index is 0.0538. The van der Waals surface area contributed by atoms with Gasteiger partial charge in [-0.1, -0.05) is 19.3 Å². The molecule has 0 radical (unpaired) electrons. The Morgan fingerprint density at radius 1 is 0.857 bits per heavy atom. The van der Waals surface area contributed by atoms with Gasteiger partial charge in [0.05, 0.1) is 6.10 Å². The first-order chi connectivity index (χ1) is 6.83. The summed E-state index contributed by atoms with van der Waals surface area (Å²) in [7, 11) is 0. The average molecular weight is 194 g/mol. The quantitative estimate of drug-likeness (QED) is 0.628. The van der Waals surface area contributed by atoms with Crippen molar-refractivity contribution in [1.29, 1.82) is 0 Å². The monoisotopic (exact) mass is 194 g/mol. The lowest BCUT2D eigenvalue weighted by molar-refractivity contribution is 0.0745. The minimum Gasteiger partial charge on any atom is -0.393 e. The van der Waals surface area contributed by atoms with Crippen LogP contribution >= 0.6 is 0 Å². The summed E-state index contributed by atoms with van der Waals surface area (Å²) >= 11 is 0. The Balaban J connectivity index is 1.90. The molecule has 3 aliphatic carbocycles. The third-order valence-electron chi connectivity index (χ3n) is 5.44. The van der Waals surface area contributed by atoms with Crippen molar-refractivity contribution in [2.24, 2.45) is 17.3 Å². The van der Waals surface area contributed by atoms with Gasteiger partial charge in [0.25, 0.3) is 0 Å². The molecule has 0 aromatic heterocycles. The van der Waals surface area contributed by atoms with E-state index < -0.39 is 0 Å². The van der Waals surface area contributed by atoms with Crippen molar-refractivity contribution >= 4 is 0 Å². The van der Waals surface area contributed by atoms with Crippen LogP contribution in [0.5, 0.6) is 0 Å². The van der Waals surface area contributed by atoms with Crippen LogP contribution in [-0.2, 0) is 0 Å². The van der Waals surface area contributed by atoms with Crippen molar-refractivity contribution in [2.75, 3.05) is 0 Å². The van der Waals surface area contributed by atoms with Crippen molar-refractivity contribution in [3.05, 3.63) is 0 Å². The maximum atomic E-state index is 10.0. The van der Waals surface area contributed by atoms with Crippen molar-refractivity contribution in [1.82, 2.24) is 0 Å². The lowest BCUT2D eigenvalue weighted by atomic mass is 9.70. The Morgan fingerprint density at radius 2 is 1.79 bits per heavy atom. The fourth-order valence-corrected chi connectivity index (χ4v) is 4.81. The molecule has 3 aliphatic rings. The van der Waals surface area contributed by atoms with Crippen LogP contribution in [0.1, 0.15) is 57.8 Å². The highest BCUT2D eigenvalue weighted by Gasteiger charge is 2.55. The van der Waals surface area contributed by atoms with E-state index in [-0.39, 0.29) is 6.10 Å². The largest absolute Gasteiger partial charge is 0.393 e. The van der Waals surface area contributed by atoms with E-state index >= 15 is 0 Å². The second-order valence-corrected chi connectivity index (χ2v) is 5.82. The molecular weight excluding hydrogens is 172 g/mol. The number of rotatable bonds is 0. The van der Waals surface area contributed by atoms with Gasteiger partial charge < -0.3 is 5.11 Å². The normalized spacial score (nSPS) is 52.5. The third kappa shape index (κ3) is 1.11. The van der Waals surface area contributed by atoms with E-state index in [4.69, 9.17) is 0 Å². The molecule has 3 saturated carbocycles. The summed E-state index contributed by atoms with van der Waals surface area (Å²) in [5.41, 5.74) is 0.607. The Labute approximate surface area is 86.9 Å². The molecule has 4 unspecified atom stereocenters. The molecule has 0 amide bonds. The highest BCUT2D eigenvalue weighted by Crippen LogP contribution is 2.62. The molecule has 14 heavy (non-hydrogen) atoms. The highest BCUT2D eigenvalue weighted by molar-refractivity contribution is 5.05. The van der Waals surface area contributed by atoms with Gasteiger partial charge in [0.2, 0.25) is 0 Å². The first kappa shape index (κ1) is 9.21. The van der Waals surface area contributed by atoms with Gasteiger partial charge in [-0.3, -0.25) is 0 Å². The summed E-state index contributed by atoms with van der Waals surface area (Å²) < 4.78 is 0. The molecule has 1 spiro atoms. The molecule has 0 bridgehead atoms. The summed E-state index contributed by atoms with van der Waals surface area (Å²) in [6, 6.07) is 0. The summed E-state index contributed by atoms with van der Waals surface area (Å²) in [5, 5.41) is 10.0. The van der Waals surface area contributed by atoms with Crippen LogP contribution < -0.4 is 0 Å². The topological polar surface area (TPSA) is 20.2 Å². The molecule has 1 heteroatoms. The summed E-state index contributed by atoms with van der Waals surface area (Å²) in [4.78, 5) is 0. The van der Waals surface area contributed by atoms with Gasteiger partial charge in [0, 0.05) is 0 Å². The Bertz CT molecular complexity index is 225. The Hall–Kier alpha value is -0.0400. The van der Waals surface area contributed by atoms with Gasteiger partial charge in [0.15, 0.2) is 0 Å². The zero-order valence-corrected chi connectivity index (χ0v) is 9.04. The first-order valence-corrected chi connectivity index (χ1v) is 6.51. The molecule has 3 rings (SSSR count). The van der Waals surface area contributed by atoms with Crippen molar-refractivity contribution < 1.29 is 5.11 Å². The fourth-order valence-electron chi connectivity index (χ4n) is 4.81. The smallest absolute Gasteiger partial charge is 0.0574 e. The van der Waals surface area contributed by atoms with E-state index in [1.807, 2.05) is 0 Å². The predicted molar refractivity (Wildman–Crippen MR) is 57.0 cm³/mol. The summed E-state index contributed by atoms with van der Waals surface area (Å²) in [5.74, 6) is 1.66. The van der Waals surface area contributed by atoms with E-state index in [9.17, 15) is 5.11 Å². The second kappa shape index (κ2) is 3.23. The Kier molecular flexibility index (Phi) is 2.12. The molecule has 1 N–H and O–H groups in total. The van der Waals surface area contributed by atoms with Crippen molar-refractivity contribution in [2.45, 2.75) is 63.9 Å². The van der Waals surface area contributed by atoms with Crippen LogP contribution in [0.25, 0.3) is 0 Å². The van der Waals surface area contributed by atoms with Gasteiger partial charge in [-0.25, -0.2) is 0 Å². The van der Waals surface area contributed by atoms with Crippen LogP contribution in [0.4, 0.5) is 0 Å². The van der Waals surface area contributed by atoms with Crippen LogP contribution in [-0.4, -0.2) is 11.2 Å². The first-order valence-electron chi connectivity index (χ1n) is 6.51. The van der Waals surface area contributed by atoms with Crippen molar-refractivity contribution in [3.8, 4) is 0 Å². The molecule has 0 saturated heterocycles. The molecule has 0 aliphatic heterocycles. The molecule has 0 aromatic carbocycles. The van der Waals surface area contributed by atoms with E-state index in [1.54, 1.807) is 0 Å². The Morgan fingerprint density at radius 3 is 2.71 bits per heavy atom. The maximum absolute atomic E-state index is 10.0. The van der Waals surface area contributed by atoms with Crippen LogP contribution in [0, 0.1) is 17.3 Å². The van der Waals surface area contributed by atoms with Crippen LogP contribution in [0.15, 0.2) is 0 Å². The van der Waals surface area contributed by atoms with Gasteiger partial charge in [-0.05, 0) is 55.8 Å². The standard InChI is InChI=1S/C13H22O/c14-12-7-9-13-8-3-1-2-4-10(13)5-6-11(12)13/h10-12,14H,1-9H2. The highest BCUT2D eigenvalue weighted by atomic mass is 16.3. The molecular formula is C13H22O. The lowest BCUT2D eigenvalue weighted by Gasteiger charge is -2.35. The van der Waals surface area contributed by atoms with E-state index in [0.29, 0.717) is 11.3 Å². The lowest BCUT2D eigenvalue weighted by Crippen LogP contribution is -2.30. The molecule has 4 atom stereocenters. The van der Waals surface area contributed by atoms with Gasteiger partial charge in [-0.15, -0.1) is 0 Å². The molecule has 3 fully saturated rings. The van der Waals surface area contributed by atoms with E-state index in [0.717, 1.165) is 12.3 Å². The molecule has 0 heterocycles. The SMILES string of the molecule is OC1CCC23CCCCCC2CCC13. The average Bonchev–Trinajstić information content (AvgIpc) is 2.60. The number of hydrogen-bond donors (Lipinski definition) is 1. The molecule has 0 aromatic rings. The minimum absolute atomic E-state index is 0.0538. The zero-order valence-electron chi connectivity index (χ0n) is 9.04. The van der Waals surface area contributed by atoms with Gasteiger partial charge >= 0.3 is 0 Å². The maximum Gasteiger partial charge on any atom is 0.0574 e. The van der Waals surface area contributed by atoms with E-state index in [1.165, 1.54) is 51.4 Å². The van der Waals surface area contributed by atoms with E-state index in [2.05, 4.69) is 0 Å². The van der Waals surface area contributed by atoms with Crippen LogP contribution in [0.2, 0.25) is 0 Å².